The van der Waals surface area contributed by atoms with Crippen LogP contribution >= 0.6 is 0 Å². The van der Waals surface area contributed by atoms with Crippen molar-refractivity contribution < 1.29 is 4.79 Å². The number of nitrogens with zero attached hydrogens (tertiary/aromatic N) is 3. The monoisotopic (exact) mass is 363 g/mol. The molecule has 3 rings (SSSR count). The molecule has 0 aliphatic carbocycles. The van der Waals surface area contributed by atoms with Gasteiger partial charge in [-0.25, -0.2) is 9.78 Å². The molecule has 1 aromatic carbocycles. The third-order valence-electron chi connectivity index (χ3n) is 5.03. The Morgan fingerprint density at radius 1 is 1.26 bits per heavy atom. The Labute approximate surface area is 160 Å². The van der Waals surface area contributed by atoms with Crippen molar-refractivity contribution in [2.45, 2.75) is 38.8 Å². The van der Waals surface area contributed by atoms with Gasteiger partial charge in [0.2, 0.25) is 0 Å². The molecule has 0 saturated carbocycles. The highest BCUT2D eigenvalue weighted by Crippen LogP contribution is 2.19. The number of aromatic nitrogens is 1. The molecule has 1 fully saturated rings. The van der Waals surface area contributed by atoms with Crippen LogP contribution in [-0.2, 0) is 0 Å². The Morgan fingerprint density at radius 2 is 2.00 bits per heavy atom. The highest BCUT2D eigenvalue weighted by Gasteiger charge is 2.22. The molecular formula is C21H25N5O. The highest BCUT2D eigenvalue weighted by molar-refractivity contribution is 5.74. The predicted octanol–water partition coefficient (Wildman–Crippen LogP) is 3.29. The molecule has 1 unspecified atom stereocenters. The number of amides is 2. The molecule has 0 radical (unpaired) electrons. The highest BCUT2D eigenvalue weighted by atomic mass is 16.2. The van der Waals surface area contributed by atoms with Crippen LogP contribution in [-0.4, -0.2) is 30.1 Å². The molecule has 1 aliphatic rings. The Hall–Kier alpha value is -3.07. The van der Waals surface area contributed by atoms with Crippen molar-refractivity contribution in [3.05, 3.63) is 59.3 Å². The molecule has 2 amide bonds. The second-order valence-electron chi connectivity index (χ2n) is 6.97. The quantitative estimate of drug-likeness (QED) is 0.873. The summed E-state index contributed by atoms with van der Waals surface area (Å²) < 4.78 is 0. The fourth-order valence-corrected chi connectivity index (χ4v) is 3.47. The van der Waals surface area contributed by atoms with Gasteiger partial charge >= 0.3 is 6.03 Å². The zero-order valence-electron chi connectivity index (χ0n) is 15.8. The van der Waals surface area contributed by atoms with E-state index in [9.17, 15) is 4.79 Å². The van der Waals surface area contributed by atoms with Gasteiger partial charge in [-0.1, -0.05) is 24.3 Å². The molecule has 0 spiro atoms. The number of anilines is 1. The maximum Gasteiger partial charge on any atom is 0.315 e. The maximum absolute atomic E-state index is 12.3. The smallest absolute Gasteiger partial charge is 0.315 e. The van der Waals surface area contributed by atoms with E-state index in [0.29, 0.717) is 5.56 Å². The lowest BCUT2D eigenvalue weighted by molar-refractivity contribution is 0.231. The molecule has 1 atom stereocenters. The molecule has 6 nitrogen and oxygen atoms in total. The van der Waals surface area contributed by atoms with E-state index in [1.807, 2.05) is 31.2 Å². The normalized spacial score (nSPS) is 15.7. The van der Waals surface area contributed by atoms with Crippen LogP contribution in [0.5, 0.6) is 0 Å². The Kier molecular flexibility index (Phi) is 5.92. The summed E-state index contributed by atoms with van der Waals surface area (Å²) >= 11 is 0. The van der Waals surface area contributed by atoms with E-state index >= 15 is 0 Å². The molecule has 1 aromatic heterocycles. The van der Waals surface area contributed by atoms with Gasteiger partial charge in [0.15, 0.2) is 0 Å². The number of aryl methyl sites for hydroxylation is 1. The number of urea groups is 1. The minimum absolute atomic E-state index is 0.0332. The number of pyridine rings is 1. The third kappa shape index (κ3) is 4.76. The Balaban J connectivity index is 1.48. The predicted molar refractivity (Wildman–Crippen MR) is 105 cm³/mol. The van der Waals surface area contributed by atoms with Gasteiger partial charge in [0, 0.05) is 25.3 Å². The van der Waals surface area contributed by atoms with Crippen molar-refractivity contribution in [3.8, 4) is 6.07 Å². The molecule has 2 N–H and O–H groups in total. The first-order valence-corrected chi connectivity index (χ1v) is 9.30. The van der Waals surface area contributed by atoms with Crippen LogP contribution in [0.4, 0.5) is 10.6 Å². The van der Waals surface area contributed by atoms with Gasteiger partial charge in [-0.15, -0.1) is 0 Å². The van der Waals surface area contributed by atoms with E-state index < -0.39 is 0 Å². The summed E-state index contributed by atoms with van der Waals surface area (Å²) in [6.07, 6.45) is 3.34. The first-order valence-electron chi connectivity index (χ1n) is 9.30. The summed E-state index contributed by atoms with van der Waals surface area (Å²) in [5.74, 6) is 0.880. The lowest BCUT2D eigenvalue weighted by Gasteiger charge is -2.33. The zero-order valence-corrected chi connectivity index (χ0v) is 15.8. The van der Waals surface area contributed by atoms with Crippen LogP contribution in [0.15, 0.2) is 42.6 Å². The number of piperidine rings is 1. The lowest BCUT2D eigenvalue weighted by Crippen LogP contribution is -2.48. The van der Waals surface area contributed by atoms with Gasteiger partial charge in [0.25, 0.3) is 0 Å². The molecule has 140 valence electrons. The molecule has 27 heavy (non-hydrogen) atoms. The summed E-state index contributed by atoms with van der Waals surface area (Å²) in [7, 11) is 0. The van der Waals surface area contributed by atoms with Gasteiger partial charge in [-0.2, -0.15) is 5.26 Å². The van der Waals surface area contributed by atoms with Gasteiger partial charge in [0.05, 0.1) is 11.6 Å². The molecular weight excluding hydrogens is 338 g/mol. The van der Waals surface area contributed by atoms with Crippen molar-refractivity contribution in [2.24, 2.45) is 0 Å². The average Bonchev–Trinajstić information content (AvgIpc) is 2.69. The number of carbonyl (C=O) groups is 1. The number of hydrogen-bond donors (Lipinski definition) is 2. The molecule has 2 heterocycles. The lowest BCUT2D eigenvalue weighted by atomic mass is 10.0. The summed E-state index contributed by atoms with van der Waals surface area (Å²) in [4.78, 5) is 18.9. The van der Waals surface area contributed by atoms with E-state index in [-0.39, 0.29) is 18.1 Å². The fourth-order valence-electron chi connectivity index (χ4n) is 3.47. The second kappa shape index (κ2) is 8.54. The number of nitrogens with one attached hydrogen (secondary N) is 2. The van der Waals surface area contributed by atoms with Crippen LogP contribution in [0.25, 0.3) is 0 Å². The average molecular weight is 363 g/mol. The summed E-state index contributed by atoms with van der Waals surface area (Å²) in [5, 5.41) is 15.0. The summed E-state index contributed by atoms with van der Waals surface area (Å²) in [6.45, 7) is 5.72. The zero-order chi connectivity index (χ0) is 19.2. The van der Waals surface area contributed by atoms with Crippen molar-refractivity contribution in [1.29, 1.82) is 5.26 Å². The third-order valence-corrected chi connectivity index (χ3v) is 5.03. The van der Waals surface area contributed by atoms with Crippen molar-refractivity contribution in [2.75, 3.05) is 18.0 Å². The standard InChI is InChI=1S/C21H25N5O/c1-15-5-3-4-6-19(15)16(2)24-21(27)25-18-9-11-26(12-10-18)20-8-7-17(13-22)14-23-20/h3-8,14,16,18H,9-12H2,1-2H3,(H2,24,25,27). The number of rotatable bonds is 4. The fraction of sp³-hybridized carbons (Fsp3) is 0.381. The molecule has 1 aliphatic heterocycles. The van der Waals surface area contributed by atoms with Crippen LogP contribution in [0.2, 0.25) is 0 Å². The van der Waals surface area contributed by atoms with Gasteiger partial charge in [0.1, 0.15) is 11.9 Å². The molecule has 2 aromatic rings. The van der Waals surface area contributed by atoms with Crippen LogP contribution in [0.1, 0.15) is 42.5 Å². The topological polar surface area (TPSA) is 81.0 Å². The van der Waals surface area contributed by atoms with E-state index in [4.69, 9.17) is 5.26 Å². The Morgan fingerprint density at radius 3 is 2.63 bits per heavy atom. The maximum atomic E-state index is 12.3. The van der Waals surface area contributed by atoms with E-state index in [1.165, 1.54) is 5.56 Å². The van der Waals surface area contributed by atoms with Crippen LogP contribution in [0.3, 0.4) is 0 Å². The van der Waals surface area contributed by atoms with Gasteiger partial charge in [-0.05, 0) is 49.9 Å². The molecule has 1 saturated heterocycles. The van der Waals surface area contributed by atoms with Crippen molar-refractivity contribution in [3.63, 3.8) is 0 Å². The molecule has 6 heteroatoms. The number of carbonyl (C=O) groups excluding carboxylic acids is 1. The van der Waals surface area contributed by atoms with Crippen molar-refractivity contribution in [1.82, 2.24) is 15.6 Å². The second-order valence-corrected chi connectivity index (χ2v) is 6.97. The van der Waals surface area contributed by atoms with E-state index in [2.05, 4.69) is 39.6 Å². The van der Waals surface area contributed by atoms with Crippen molar-refractivity contribution >= 4 is 11.8 Å². The summed E-state index contributed by atoms with van der Waals surface area (Å²) in [5.41, 5.74) is 2.87. The van der Waals surface area contributed by atoms with E-state index in [1.54, 1.807) is 12.3 Å². The minimum atomic E-state index is -0.124. The van der Waals surface area contributed by atoms with Crippen LogP contribution in [0, 0.1) is 18.3 Å². The summed E-state index contributed by atoms with van der Waals surface area (Å²) in [6, 6.07) is 13.8. The SMILES string of the molecule is Cc1ccccc1C(C)NC(=O)NC1CCN(c2ccc(C#N)cn2)CC1. The number of benzene rings is 1. The van der Waals surface area contributed by atoms with Crippen LogP contribution < -0.4 is 15.5 Å². The van der Waals surface area contributed by atoms with Gasteiger partial charge in [-0.3, -0.25) is 0 Å². The largest absolute Gasteiger partial charge is 0.356 e. The first-order chi connectivity index (χ1) is 13.1. The number of hydrogen-bond acceptors (Lipinski definition) is 4. The Bertz CT molecular complexity index is 819. The van der Waals surface area contributed by atoms with E-state index in [0.717, 1.165) is 37.3 Å². The number of nitriles is 1. The molecule has 0 bridgehead atoms. The van der Waals surface area contributed by atoms with Gasteiger partial charge < -0.3 is 15.5 Å². The first kappa shape index (κ1) is 18.7. The minimum Gasteiger partial charge on any atom is -0.356 e.